The quantitative estimate of drug-likeness (QED) is 0.601. The van der Waals surface area contributed by atoms with E-state index >= 15 is 0 Å². The van der Waals surface area contributed by atoms with Gasteiger partial charge in [-0.05, 0) is 18.8 Å². The molecule has 1 fully saturated rings. The van der Waals surface area contributed by atoms with Crippen LogP contribution in [0.5, 0.6) is 0 Å². The van der Waals surface area contributed by atoms with Gasteiger partial charge in [-0.2, -0.15) is 0 Å². The van der Waals surface area contributed by atoms with Crippen molar-refractivity contribution in [3.63, 3.8) is 0 Å². The lowest BCUT2D eigenvalue weighted by molar-refractivity contribution is 0.0876. The fourth-order valence-corrected chi connectivity index (χ4v) is 1.97. The summed E-state index contributed by atoms with van der Waals surface area (Å²) in [5, 5.41) is 21.1. The van der Waals surface area contributed by atoms with Crippen LogP contribution < -0.4 is 5.32 Å². The van der Waals surface area contributed by atoms with Crippen molar-refractivity contribution in [2.45, 2.75) is 44.8 Å². The summed E-state index contributed by atoms with van der Waals surface area (Å²) in [6, 6.07) is 0.537. The highest BCUT2D eigenvalue weighted by Crippen LogP contribution is 2.23. The van der Waals surface area contributed by atoms with E-state index in [4.69, 9.17) is 10.2 Å². The van der Waals surface area contributed by atoms with Crippen molar-refractivity contribution < 1.29 is 10.2 Å². The molecule has 0 aromatic heterocycles. The molecule has 0 aliphatic heterocycles. The first kappa shape index (κ1) is 11.0. The second-order valence-corrected chi connectivity index (χ2v) is 4.11. The number of hydrogen-bond donors (Lipinski definition) is 3. The maximum atomic E-state index is 9.16. The minimum Gasteiger partial charge on any atom is -0.394 e. The third-order valence-corrected chi connectivity index (χ3v) is 2.94. The first-order valence-electron chi connectivity index (χ1n) is 5.26. The largest absolute Gasteiger partial charge is 0.394 e. The maximum absolute atomic E-state index is 9.16. The summed E-state index contributed by atoms with van der Waals surface area (Å²) < 4.78 is 0. The number of aliphatic hydroxyl groups is 2. The zero-order valence-electron chi connectivity index (χ0n) is 8.37. The first-order chi connectivity index (χ1) is 6.24. The van der Waals surface area contributed by atoms with Crippen LogP contribution in [0.2, 0.25) is 0 Å². The van der Waals surface area contributed by atoms with Gasteiger partial charge >= 0.3 is 0 Å². The molecule has 13 heavy (non-hydrogen) atoms. The van der Waals surface area contributed by atoms with Crippen LogP contribution in [0, 0.1) is 5.92 Å². The van der Waals surface area contributed by atoms with Crippen molar-refractivity contribution in [1.82, 2.24) is 5.32 Å². The molecule has 1 aliphatic carbocycles. The normalized spacial score (nSPS) is 31.6. The van der Waals surface area contributed by atoms with Crippen LogP contribution in [0.1, 0.15) is 32.6 Å². The average molecular weight is 187 g/mol. The molecule has 0 aromatic rings. The zero-order valence-corrected chi connectivity index (χ0v) is 8.37. The van der Waals surface area contributed by atoms with E-state index in [2.05, 4.69) is 12.2 Å². The monoisotopic (exact) mass is 187 g/mol. The summed E-state index contributed by atoms with van der Waals surface area (Å²) in [5.74, 6) is 0.708. The summed E-state index contributed by atoms with van der Waals surface area (Å²) in [5.41, 5.74) is 0. The molecule has 78 valence electrons. The van der Waals surface area contributed by atoms with Gasteiger partial charge in [-0.25, -0.2) is 0 Å². The van der Waals surface area contributed by atoms with Gasteiger partial charge < -0.3 is 15.5 Å². The Kier molecular flexibility index (Phi) is 4.70. The highest BCUT2D eigenvalue weighted by Gasteiger charge is 2.20. The number of nitrogens with one attached hydrogen (secondary N) is 1. The minimum absolute atomic E-state index is 0.145. The predicted molar refractivity (Wildman–Crippen MR) is 52.5 cm³/mol. The topological polar surface area (TPSA) is 52.5 Å². The molecule has 0 radical (unpaired) electrons. The molecule has 0 spiro atoms. The van der Waals surface area contributed by atoms with Gasteiger partial charge in [-0.3, -0.25) is 0 Å². The van der Waals surface area contributed by atoms with E-state index < -0.39 is 6.10 Å². The fourth-order valence-electron chi connectivity index (χ4n) is 1.97. The van der Waals surface area contributed by atoms with Crippen LogP contribution in [0.15, 0.2) is 0 Å². The molecule has 1 aliphatic rings. The molecule has 0 bridgehead atoms. The molecule has 3 heteroatoms. The molecule has 1 rings (SSSR count). The number of hydrogen-bond acceptors (Lipinski definition) is 3. The van der Waals surface area contributed by atoms with Crippen molar-refractivity contribution in [2.24, 2.45) is 5.92 Å². The molecule has 0 aromatic carbocycles. The van der Waals surface area contributed by atoms with Crippen LogP contribution in [-0.4, -0.2) is 35.5 Å². The van der Waals surface area contributed by atoms with Gasteiger partial charge in [-0.1, -0.05) is 19.8 Å². The highest BCUT2D eigenvalue weighted by molar-refractivity contribution is 4.78. The van der Waals surface area contributed by atoms with Crippen LogP contribution in [-0.2, 0) is 0 Å². The number of rotatable bonds is 4. The van der Waals surface area contributed by atoms with Crippen molar-refractivity contribution in [1.29, 1.82) is 0 Å². The zero-order chi connectivity index (χ0) is 9.68. The lowest BCUT2D eigenvalue weighted by Crippen LogP contribution is -2.42. The molecule has 3 N–H and O–H groups in total. The Morgan fingerprint density at radius 2 is 2.08 bits per heavy atom. The van der Waals surface area contributed by atoms with Gasteiger partial charge in [0, 0.05) is 12.6 Å². The molecule has 1 saturated carbocycles. The van der Waals surface area contributed by atoms with Gasteiger partial charge in [-0.15, -0.1) is 0 Å². The van der Waals surface area contributed by atoms with Crippen LogP contribution in [0.4, 0.5) is 0 Å². The third kappa shape index (κ3) is 3.63. The van der Waals surface area contributed by atoms with Crippen molar-refractivity contribution in [3.05, 3.63) is 0 Å². The van der Waals surface area contributed by atoms with Gasteiger partial charge in [0.2, 0.25) is 0 Å². The number of aliphatic hydroxyl groups excluding tert-OH is 2. The smallest absolute Gasteiger partial charge is 0.0895 e. The first-order valence-corrected chi connectivity index (χ1v) is 5.26. The fraction of sp³-hybridized carbons (Fsp3) is 1.00. The summed E-state index contributed by atoms with van der Waals surface area (Å²) in [6.07, 6.45) is 4.51. The summed E-state index contributed by atoms with van der Waals surface area (Å²) >= 11 is 0. The predicted octanol–water partition coefficient (Wildman–Crippen LogP) is 0.508. The lowest BCUT2D eigenvalue weighted by atomic mass is 9.86. The summed E-state index contributed by atoms with van der Waals surface area (Å²) in [4.78, 5) is 0. The molecular formula is C10H21NO2. The molecule has 3 atom stereocenters. The minimum atomic E-state index is -0.603. The van der Waals surface area contributed by atoms with Gasteiger partial charge in [0.15, 0.2) is 0 Å². The standard InChI is InChI=1S/C10H21NO2/c1-8-4-2-3-5-10(8)11-6-9(13)7-12/h8-13H,2-7H2,1H3/t8?,9-,10?/m0/s1. The van der Waals surface area contributed by atoms with E-state index in [-0.39, 0.29) is 6.61 Å². The second-order valence-electron chi connectivity index (χ2n) is 4.11. The van der Waals surface area contributed by atoms with E-state index in [0.717, 1.165) is 0 Å². The van der Waals surface area contributed by atoms with Crippen molar-refractivity contribution in [3.8, 4) is 0 Å². The van der Waals surface area contributed by atoms with E-state index in [1.807, 2.05) is 0 Å². The van der Waals surface area contributed by atoms with E-state index in [1.165, 1.54) is 25.7 Å². The molecular weight excluding hydrogens is 166 g/mol. The van der Waals surface area contributed by atoms with Crippen LogP contribution in [0.25, 0.3) is 0 Å². The highest BCUT2D eigenvalue weighted by atomic mass is 16.3. The Morgan fingerprint density at radius 3 is 2.69 bits per heavy atom. The summed E-state index contributed by atoms with van der Waals surface area (Å²) in [7, 11) is 0. The molecule has 0 amide bonds. The van der Waals surface area contributed by atoms with Crippen LogP contribution in [0.3, 0.4) is 0 Å². The second kappa shape index (κ2) is 5.58. The van der Waals surface area contributed by atoms with E-state index in [0.29, 0.717) is 18.5 Å². The van der Waals surface area contributed by atoms with Crippen LogP contribution >= 0.6 is 0 Å². The average Bonchev–Trinajstić information content (AvgIpc) is 2.16. The maximum Gasteiger partial charge on any atom is 0.0895 e. The Balaban J connectivity index is 2.18. The Hall–Kier alpha value is -0.120. The van der Waals surface area contributed by atoms with Gasteiger partial charge in [0.1, 0.15) is 0 Å². The Morgan fingerprint density at radius 1 is 1.38 bits per heavy atom. The molecule has 0 heterocycles. The van der Waals surface area contributed by atoms with E-state index in [9.17, 15) is 0 Å². The Bertz CT molecular complexity index is 141. The Labute approximate surface area is 80.2 Å². The summed E-state index contributed by atoms with van der Waals surface area (Å²) in [6.45, 7) is 2.63. The molecule has 0 saturated heterocycles. The molecule has 2 unspecified atom stereocenters. The van der Waals surface area contributed by atoms with Crippen molar-refractivity contribution in [2.75, 3.05) is 13.2 Å². The SMILES string of the molecule is CC1CCCCC1NC[C@H](O)CO. The van der Waals surface area contributed by atoms with Gasteiger partial charge in [0.05, 0.1) is 12.7 Å². The third-order valence-electron chi connectivity index (χ3n) is 2.94. The van der Waals surface area contributed by atoms with Crippen molar-refractivity contribution >= 4 is 0 Å². The van der Waals surface area contributed by atoms with Gasteiger partial charge in [0.25, 0.3) is 0 Å². The molecule has 3 nitrogen and oxygen atoms in total. The van der Waals surface area contributed by atoms with E-state index in [1.54, 1.807) is 0 Å². The lowest BCUT2D eigenvalue weighted by Gasteiger charge is -2.30.